The molecule has 0 saturated carbocycles. The number of rotatable bonds is 4. The molecule has 0 fully saturated rings. The Morgan fingerprint density at radius 3 is 2.42 bits per heavy atom. The smallest absolute Gasteiger partial charge is 0.195 e. The first-order chi connectivity index (χ1) is 9.17. The molecule has 0 radical (unpaired) electrons. The lowest BCUT2D eigenvalue weighted by Crippen LogP contribution is -1.90. The van der Waals surface area contributed by atoms with Gasteiger partial charge in [-0.3, -0.25) is 0 Å². The lowest BCUT2D eigenvalue weighted by molar-refractivity contribution is 0.326. The van der Waals surface area contributed by atoms with Crippen LogP contribution in [0.3, 0.4) is 0 Å². The van der Waals surface area contributed by atoms with Crippen molar-refractivity contribution in [2.45, 2.75) is 0 Å². The average molecular weight is 276 g/mol. The lowest BCUT2D eigenvalue weighted by atomic mass is 10.0. The molecule has 4 heteroatoms. The number of hydrogen-bond donors (Lipinski definition) is 0. The number of benzene rings is 2. The molecule has 2 rings (SSSR count). The number of nitrogens with zero attached hydrogens (tertiary/aromatic N) is 1. The summed E-state index contributed by atoms with van der Waals surface area (Å²) in [6.07, 6.45) is 1.73. The Morgan fingerprint density at radius 2 is 1.84 bits per heavy atom. The third kappa shape index (κ3) is 2.66. The Bertz CT molecular complexity index is 623. The van der Waals surface area contributed by atoms with Crippen LogP contribution in [-0.2, 0) is 0 Å². The summed E-state index contributed by atoms with van der Waals surface area (Å²) in [7, 11) is 0. The predicted molar refractivity (Wildman–Crippen MR) is 77.1 cm³/mol. The zero-order valence-electron chi connectivity index (χ0n) is 10.1. The molecule has 0 aliphatic carbocycles. The van der Waals surface area contributed by atoms with Crippen molar-refractivity contribution >= 4 is 24.4 Å². The fraction of sp³-hybridized carbons (Fsp3) is 0. The Morgan fingerprint density at radius 1 is 1.16 bits per heavy atom. The highest BCUT2D eigenvalue weighted by Gasteiger charge is 2.14. The van der Waals surface area contributed by atoms with Crippen LogP contribution in [0.1, 0.15) is 5.56 Å². The fourth-order valence-corrected chi connectivity index (χ4v) is 1.96. The minimum atomic E-state index is -0.653. The highest BCUT2D eigenvalue weighted by Crippen LogP contribution is 2.35. The summed E-state index contributed by atoms with van der Waals surface area (Å²) in [5.74, 6) is -0.703. The molecule has 0 bridgehead atoms. The molecule has 0 heterocycles. The largest absolute Gasteiger partial charge is 0.354 e. The van der Waals surface area contributed by atoms with Crippen LogP contribution >= 0.6 is 11.6 Å². The van der Waals surface area contributed by atoms with Crippen LogP contribution in [0, 0.1) is 5.82 Å². The van der Waals surface area contributed by atoms with E-state index in [4.69, 9.17) is 11.6 Å². The van der Waals surface area contributed by atoms with E-state index in [-0.39, 0.29) is 10.8 Å². The van der Waals surface area contributed by atoms with Crippen molar-refractivity contribution in [1.29, 1.82) is 0 Å². The monoisotopic (exact) mass is 275 g/mol. The van der Waals surface area contributed by atoms with E-state index in [1.807, 2.05) is 24.3 Å². The van der Waals surface area contributed by atoms with Crippen molar-refractivity contribution in [2.75, 3.05) is 0 Å². The molecule has 2 aromatic carbocycles. The van der Waals surface area contributed by atoms with E-state index in [0.29, 0.717) is 5.56 Å². The van der Waals surface area contributed by atoms with Crippen LogP contribution < -0.4 is 4.84 Å². The van der Waals surface area contributed by atoms with Gasteiger partial charge in [-0.2, -0.15) is 0 Å². The molecular formula is C15H11ClFNO. The van der Waals surface area contributed by atoms with Crippen molar-refractivity contribution in [3.05, 3.63) is 59.4 Å². The van der Waals surface area contributed by atoms with Gasteiger partial charge in [-0.25, -0.2) is 4.39 Å². The maximum absolute atomic E-state index is 13.9. The summed E-state index contributed by atoms with van der Waals surface area (Å²) in [6.45, 7) is 6.81. The molecule has 0 atom stereocenters. The number of oxime groups is 1. The van der Waals surface area contributed by atoms with Crippen LogP contribution in [0.15, 0.2) is 48.1 Å². The van der Waals surface area contributed by atoms with Gasteiger partial charge >= 0.3 is 0 Å². The highest BCUT2D eigenvalue weighted by atomic mass is 35.5. The zero-order chi connectivity index (χ0) is 13.8. The molecule has 96 valence electrons. The quantitative estimate of drug-likeness (QED) is 0.581. The summed E-state index contributed by atoms with van der Waals surface area (Å²) >= 11 is 6.01. The number of halogens is 2. The molecule has 0 aliphatic heterocycles. The normalized spacial score (nSPS) is 10.0. The molecular weight excluding hydrogens is 265 g/mol. The second-order valence-corrected chi connectivity index (χ2v) is 4.16. The first-order valence-corrected chi connectivity index (χ1v) is 5.89. The third-order valence-corrected chi connectivity index (χ3v) is 3.04. The topological polar surface area (TPSA) is 21.6 Å². The summed E-state index contributed by atoms with van der Waals surface area (Å²) in [6, 6.07) is 10.6. The van der Waals surface area contributed by atoms with Gasteiger partial charge in [-0.05, 0) is 23.3 Å². The van der Waals surface area contributed by atoms with E-state index >= 15 is 0 Å². The Balaban J connectivity index is 2.47. The highest BCUT2D eigenvalue weighted by molar-refractivity contribution is 6.33. The van der Waals surface area contributed by atoms with Gasteiger partial charge in [-0.1, -0.05) is 53.7 Å². The molecule has 0 amide bonds. The summed E-state index contributed by atoms with van der Waals surface area (Å²) in [5.41, 5.74) is 2.38. The maximum Gasteiger partial charge on any atom is 0.195 e. The Labute approximate surface area is 115 Å². The van der Waals surface area contributed by atoms with Crippen LogP contribution in [0.4, 0.5) is 4.39 Å². The maximum atomic E-state index is 13.9. The van der Waals surface area contributed by atoms with E-state index < -0.39 is 5.82 Å². The SMILES string of the molecule is C=Cc1ccc(-c2ccc(ON=C)c(F)c2Cl)cc1. The molecule has 0 aromatic heterocycles. The van der Waals surface area contributed by atoms with Gasteiger partial charge in [-0.15, -0.1) is 0 Å². The Kier molecular flexibility index (Phi) is 3.97. The van der Waals surface area contributed by atoms with Gasteiger partial charge in [0.05, 0.1) is 5.02 Å². The minimum absolute atomic E-state index is 0.00694. The standard InChI is InChI=1S/C15H11ClFNO/c1-3-10-4-6-11(7-5-10)12-8-9-13(19-18-2)15(17)14(12)16/h3-9H,1-2H2. The van der Waals surface area contributed by atoms with Crippen molar-refractivity contribution in [1.82, 2.24) is 0 Å². The molecule has 2 aromatic rings. The van der Waals surface area contributed by atoms with E-state index in [9.17, 15) is 4.39 Å². The minimum Gasteiger partial charge on any atom is -0.354 e. The van der Waals surface area contributed by atoms with Crippen molar-refractivity contribution < 1.29 is 9.23 Å². The fourth-order valence-electron chi connectivity index (χ4n) is 1.69. The molecule has 19 heavy (non-hydrogen) atoms. The van der Waals surface area contributed by atoms with Crippen molar-refractivity contribution in [3.63, 3.8) is 0 Å². The molecule has 0 saturated heterocycles. The van der Waals surface area contributed by atoms with Crippen molar-refractivity contribution in [2.24, 2.45) is 5.16 Å². The molecule has 0 aliphatic rings. The van der Waals surface area contributed by atoms with Crippen LogP contribution in [0.2, 0.25) is 5.02 Å². The molecule has 2 nitrogen and oxygen atoms in total. The van der Waals surface area contributed by atoms with Crippen LogP contribution in [-0.4, -0.2) is 6.72 Å². The van der Waals surface area contributed by atoms with E-state index in [1.54, 1.807) is 12.1 Å². The van der Waals surface area contributed by atoms with Gasteiger partial charge in [0.15, 0.2) is 11.6 Å². The first kappa shape index (κ1) is 13.3. The van der Waals surface area contributed by atoms with Crippen LogP contribution in [0.25, 0.3) is 17.2 Å². The van der Waals surface area contributed by atoms with Crippen LogP contribution in [0.5, 0.6) is 5.75 Å². The summed E-state index contributed by atoms with van der Waals surface area (Å²) < 4.78 is 13.9. The average Bonchev–Trinajstić information content (AvgIpc) is 2.45. The van der Waals surface area contributed by atoms with Gasteiger partial charge in [0.2, 0.25) is 0 Å². The van der Waals surface area contributed by atoms with Crippen molar-refractivity contribution in [3.8, 4) is 16.9 Å². The van der Waals surface area contributed by atoms with Gasteiger partial charge < -0.3 is 4.84 Å². The first-order valence-electron chi connectivity index (χ1n) is 5.51. The van der Waals surface area contributed by atoms with E-state index in [2.05, 4.69) is 23.3 Å². The molecule has 0 unspecified atom stereocenters. The third-order valence-electron chi connectivity index (χ3n) is 2.67. The Hall–Kier alpha value is -2.13. The predicted octanol–water partition coefficient (Wildman–Crippen LogP) is 4.78. The summed E-state index contributed by atoms with van der Waals surface area (Å²) in [4.78, 5) is 4.69. The lowest BCUT2D eigenvalue weighted by Gasteiger charge is -2.08. The van der Waals surface area contributed by atoms with E-state index in [1.165, 1.54) is 6.07 Å². The molecule has 0 N–H and O–H groups in total. The molecule has 0 spiro atoms. The van der Waals surface area contributed by atoms with Gasteiger partial charge in [0.25, 0.3) is 0 Å². The second-order valence-electron chi connectivity index (χ2n) is 3.79. The number of hydrogen-bond acceptors (Lipinski definition) is 2. The second kappa shape index (κ2) is 5.67. The van der Waals surface area contributed by atoms with Gasteiger partial charge in [0.1, 0.15) is 0 Å². The summed E-state index contributed by atoms with van der Waals surface area (Å²) in [5, 5.41) is 3.17. The van der Waals surface area contributed by atoms with Gasteiger partial charge in [0, 0.05) is 12.3 Å². The zero-order valence-corrected chi connectivity index (χ0v) is 10.8. The van der Waals surface area contributed by atoms with E-state index in [0.717, 1.165) is 11.1 Å².